The first kappa shape index (κ1) is 26.2. The predicted molar refractivity (Wildman–Crippen MR) is 139 cm³/mol. The number of hydrogen-bond donors (Lipinski definition) is 1. The van der Waals surface area contributed by atoms with Crippen molar-refractivity contribution >= 4 is 5.97 Å². The molecule has 0 heterocycles. The normalized spacial score (nSPS) is 46.9. The van der Waals surface area contributed by atoms with Crippen molar-refractivity contribution in [2.45, 2.75) is 124 Å². The van der Waals surface area contributed by atoms with E-state index in [4.69, 9.17) is 4.74 Å². The van der Waals surface area contributed by atoms with Crippen LogP contribution in [0.5, 0.6) is 0 Å². The van der Waals surface area contributed by atoms with Gasteiger partial charge in [0, 0.05) is 6.92 Å². The quantitative estimate of drug-likeness (QED) is 0.320. The van der Waals surface area contributed by atoms with Crippen LogP contribution < -0.4 is 0 Å². The third-order valence-corrected chi connectivity index (χ3v) is 12.0. The van der Waals surface area contributed by atoms with Crippen LogP contribution in [0.2, 0.25) is 0 Å². The molecule has 1 N–H and O–H groups in total. The molecule has 0 unspecified atom stereocenters. The Hall–Kier alpha value is -0.830. The Morgan fingerprint density at radius 2 is 1.65 bits per heavy atom. The van der Waals surface area contributed by atoms with Crippen LogP contribution in [0.3, 0.4) is 0 Å². The van der Waals surface area contributed by atoms with Crippen LogP contribution in [0.15, 0.2) is 12.2 Å². The van der Waals surface area contributed by atoms with E-state index in [1.807, 2.05) is 0 Å². The summed E-state index contributed by atoms with van der Waals surface area (Å²) in [6.45, 7) is 20.2. The van der Waals surface area contributed by atoms with Gasteiger partial charge in [0.05, 0.1) is 5.60 Å². The van der Waals surface area contributed by atoms with Gasteiger partial charge in [-0.2, -0.15) is 0 Å². The number of fused-ring (bicyclic) bond motifs is 5. The molecule has 0 aromatic heterocycles. The molecular weight excluding hydrogens is 420 g/mol. The van der Waals surface area contributed by atoms with Crippen LogP contribution in [-0.4, -0.2) is 22.8 Å². The fourth-order valence-electron chi connectivity index (χ4n) is 10.0. The summed E-state index contributed by atoms with van der Waals surface area (Å²) in [4.78, 5) is 11.7. The highest BCUT2D eigenvalue weighted by Gasteiger charge is 2.67. The molecule has 0 radical (unpaired) electrons. The van der Waals surface area contributed by atoms with Crippen molar-refractivity contribution in [3.63, 3.8) is 0 Å². The smallest absolute Gasteiger partial charge is 0.302 e. The fourth-order valence-corrected chi connectivity index (χ4v) is 10.0. The zero-order chi connectivity index (χ0) is 25.1. The number of ether oxygens (including phenoxy) is 1. The highest BCUT2D eigenvalue weighted by atomic mass is 16.5. The average Bonchev–Trinajstić information content (AvgIpc) is 3.12. The molecule has 0 amide bonds. The number of carbonyl (C=O) groups is 1. The Kier molecular flexibility index (Phi) is 7.13. The van der Waals surface area contributed by atoms with Gasteiger partial charge in [-0.15, -0.1) is 0 Å². The van der Waals surface area contributed by atoms with Gasteiger partial charge >= 0.3 is 5.97 Å². The molecule has 0 spiro atoms. The second-order valence-electron chi connectivity index (χ2n) is 13.9. The Morgan fingerprint density at radius 3 is 2.29 bits per heavy atom. The van der Waals surface area contributed by atoms with Crippen molar-refractivity contribution in [2.75, 3.05) is 0 Å². The summed E-state index contributed by atoms with van der Waals surface area (Å²) in [6, 6.07) is 0. The molecule has 0 aromatic carbocycles. The van der Waals surface area contributed by atoms with Crippen LogP contribution in [0.25, 0.3) is 0 Å². The Balaban J connectivity index is 1.52. The average molecular weight is 473 g/mol. The van der Waals surface area contributed by atoms with Crippen LogP contribution in [0.1, 0.15) is 113 Å². The van der Waals surface area contributed by atoms with Crippen molar-refractivity contribution in [1.29, 1.82) is 0 Å². The van der Waals surface area contributed by atoms with E-state index in [9.17, 15) is 9.90 Å². The number of rotatable bonds is 6. The lowest BCUT2D eigenvalue weighted by Crippen LogP contribution is -2.65. The summed E-state index contributed by atoms with van der Waals surface area (Å²) in [7, 11) is 0. The van der Waals surface area contributed by atoms with Gasteiger partial charge in [0.2, 0.25) is 0 Å². The predicted octanol–water partition coefficient (Wildman–Crippen LogP) is 7.57. The summed E-state index contributed by atoms with van der Waals surface area (Å²) >= 11 is 0. The fraction of sp³-hybridized carbons (Fsp3) is 0.903. The molecule has 0 bridgehead atoms. The van der Waals surface area contributed by atoms with Gasteiger partial charge in [0.15, 0.2) is 0 Å². The Bertz CT molecular complexity index is 788. The SMILES string of the molecule is C=C(CC[C@@H](C)[C@H]1CC[C@@H]2[C@]1(C)CC[C@@H]1[C@@]3(C)CC[C@H](OC(C)=O)[C@@H](C)[C@@H]3CC[C@@]21O)C(C)C. The first-order valence-electron chi connectivity index (χ1n) is 14.4. The molecule has 3 heteroatoms. The third kappa shape index (κ3) is 4.10. The van der Waals surface area contributed by atoms with Gasteiger partial charge in [-0.1, -0.05) is 53.7 Å². The van der Waals surface area contributed by atoms with E-state index in [0.29, 0.717) is 41.4 Å². The van der Waals surface area contributed by atoms with Crippen LogP contribution in [-0.2, 0) is 9.53 Å². The number of carbonyl (C=O) groups excluding carboxylic acids is 1. The third-order valence-electron chi connectivity index (χ3n) is 12.0. The highest BCUT2D eigenvalue weighted by Crippen LogP contribution is 2.70. The lowest BCUT2D eigenvalue weighted by molar-refractivity contribution is -0.237. The molecule has 4 fully saturated rings. The topological polar surface area (TPSA) is 46.5 Å². The van der Waals surface area contributed by atoms with Crippen LogP contribution in [0.4, 0.5) is 0 Å². The molecular formula is C31H52O3. The van der Waals surface area contributed by atoms with Crippen molar-refractivity contribution in [1.82, 2.24) is 0 Å². The monoisotopic (exact) mass is 472 g/mol. The zero-order valence-electron chi connectivity index (χ0n) is 23.2. The summed E-state index contributed by atoms with van der Waals surface area (Å²) in [5, 5.41) is 12.5. The molecule has 194 valence electrons. The minimum absolute atomic E-state index is 0.0490. The van der Waals surface area contributed by atoms with Crippen molar-refractivity contribution < 1.29 is 14.6 Å². The molecule has 10 atom stereocenters. The zero-order valence-corrected chi connectivity index (χ0v) is 23.2. The second kappa shape index (κ2) is 9.24. The lowest BCUT2D eigenvalue weighted by Gasteiger charge is -2.66. The molecule has 4 saturated carbocycles. The number of allylic oxidation sites excluding steroid dienone is 1. The van der Waals surface area contributed by atoms with Crippen LogP contribution in [0, 0.1) is 52.3 Å². The lowest BCUT2D eigenvalue weighted by atomic mass is 9.41. The number of hydrogen-bond acceptors (Lipinski definition) is 3. The standard InChI is InChI=1S/C31H52O3/c1-19(2)20(3)9-10-21(4)24-11-12-27-29(24,7)17-15-28-30(8)16-14-26(34-23(6)32)22(5)25(30)13-18-31(27,28)33/h19,21-22,24-28,33H,3,9-18H2,1-2,4-8H3/t21-,22+,24-,25+,26+,27-,28-,29-,30+,31-/m1/s1. The van der Waals surface area contributed by atoms with E-state index in [-0.39, 0.29) is 22.9 Å². The van der Waals surface area contributed by atoms with Gasteiger partial charge < -0.3 is 9.84 Å². The molecule has 0 aliphatic heterocycles. The van der Waals surface area contributed by atoms with E-state index in [1.54, 1.807) is 0 Å². The maximum absolute atomic E-state index is 12.5. The minimum atomic E-state index is -0.526. The first-order chi connectivity index (χ1) is 15.8. The van der Waals surface area contributed by atoms with E-state index in [2.05, 4.69) is 48.1 Å². The van der Waals surface area contributed by atoms with Crippen molar-refractivity contribution in [3.8, 4) is 0 Å². The maximum Gasteiger partial charge on any atom is 0.302 e. The number of esters is 1. The molecule has 4 aliphatic rings. The molecule has 4 aliphatic carbocycles. The highest BCUT2D eigenvalue weighted by molar-refractivity contribution is 5.66. The Labute approximate surface area is 209 Å². The maximum atomic E-state index is 12.5. The number of aliphatic hydroxyl groups is 1. The van der Waals surface area contributed by atoms with Crippen LogP contribution >= 0.6 is 0 Å². The molecule has 0 saturated heterocycles. The first-order valence-corrected chi connectivity index (χ1v) is 14.4. The summed E-state index contributed by atoms with van der Waals surface area (Å²) in [5.41, 5.74) is 1.28. The molecule has 3 nitrogen and oxygen atoms in total. The molecule has 0 aromatic rings. The minimum Gasteiger partial charge on any atom is -0.462 e. The Morgan fingerprint density at radius 1 is 1.00 bits per heavy atom. The summed E-state index contributed by atoms with van der Waals surface area (Å²) < 4.78 is 5.73. The van der Waals surface area contributed by atoms with Gasteiger partial charge in [-0.3, -0.25) is 4.79 Å². The summed E-state index contributed by atoms with van der Waals surface area (Å²) in [5.74, 6) is 3.56. The van der Waals surface area contributed by atoms with E-state index >= 15 is 0 Å². The van der Waals surface area contributed by atoms with Crippen molar-refractivity contribution in [3.05, 3.63) is 12.2 Å². The van der Waals surface area contributed by atoms with Gasteiger partial charge in [-0.25, -0.2) is 0 Å². The van der Waals surface area contributed by atoms with E-state index in [0.717, 1.165) is 38.5 Å². The van der Waals surface area contributed by atoms with Gasteiger partial charge in [-0.05, 0) is 116 Å². The van der Waals surface area contributed by atoms with Crippen molar-refractivity contribution in [2.24, 2.45) is 52.3 Å². The summed E-state index contributed by atoms with van der Waals surface area (Å²) in [6.07, 6.45) is 11.3. The van der Waals surface area contributed by atoms with Gasteiger partial charge in [0.1, 0.15) is 6.10 Å². The van der Waals surface area contributed by atoms with Gasteiger partial charge in [0.25, 0.3) is 0 Å². The molecule has 34 heavy (non-hydrogen) atoms. The van der Waals surface area contributed by atoms with E-state index < -0.39 is 5.60 Å². The largest absolute Gasteiger partial charge is 0.462 e. The molecule has 4 rings (SSSR count). The second-order valence-corrected chi connectivity index (χ2v) is 13.9. The van der Waals surface area contributed by atoms with E-state index in [1.165, 1.54) is 38.2 Å².